The fourth-order valence-corrected chi connectivity index (χ4v) is 2.17. The maximum atomic E-state index is 6.16. The molecule has 0 saturated carbocycles. The molecule has 1 rings (SSSR count). The van der Waals surface area contributed by atoms with Crippen LogP contribution >= 0.6 is 23.2 Å². The Morgan fingerprint density at radius 3 is 2.33 bits per heavy atom. The molecule has 2 N–H and O–H groups in total. The van der Waals surface area contributed by atoms with Gasteiger partial charge in [0.05, 0.1) is 16.7 Å². The zero-order chi connectivity index (χ0) is 15.7. The summed E-state index contributed by atoms with van der Waals surface area (Å²) in [6, 6.07) is 1.71. The van der Waals surface area contributed by atoms with E-state index >= 15 is 0 Å². The maximum Gasteiger partial charge on any atom is 0.147 e. The van der Waals surface area contributed by atoms with E-state index in [4.69, 9.17) is 27.9 Å². The lowest BCUT2D eigenvalue weighted by molar-refractivity contribution is 0.163. The van der Waals surface area contributed by atoms with E-state index in [0.717, 1.165) is 39.2 Å². The highest BCUT2D eigenvalue weighted by atomic mass is 35.5. The first-order valence-corrected chi connectivity index (χ1v) is 7.85. The molecule has 0 aliphatic heterocycles. The Morgan fingerprint density at radius 2 is 1.76 bits per heavy atom. The van der Waals surface area contributed by atoms with Gasteiger partial charge in [0, 0.05) is 33.3 Å². The number of rotatable bonds is 10. The van der Waals surface area contributed by atoms with Gasteiger partial charge in [0.15, 0.2) is 0 Å². The Labute approximate surface area is 137 Å². The molecular formula is C14H24Cl2N4O. The summed E-state index contributed by atoms with van der Waals surface area (Å²) in [4.78, 5) is 6.62. The van der Waals surface area contributed by atoms with Crippen molar-refractivity contribution in [3.63, 3.8) is 0 Å². The first-order valence-electron chi connectivity index (χ1n) is 7.09. The first kappa shape index (κ1) is 18.3. The van der Waals surface area contributed by atoms with Gasteiger partial charge in [0.2, 0.25) is 0 Å². The van der Waals surface area contributed by atoms with Crippen LogP contribution in [-0.2, 0) is 4.74 Å². The van der Waals surface area contributed by atoms with Crippen LogP contribution in [0.25, 0.3) is 0 Å². The summed E-state index contributed by atoms with van der Waals surface area (Å²) >= 11 is 12.3. The van der Waals surface area contributed by atoms with Crippen molar-refractivity contribution in [2.75, 3.05) is 57.6 Å². The highest BCUT2D eigenvalue weighted by Crippen LogP contribution is 2.29. The van der Waals surface area contributed by atoms with Crippen molar-refractivity contribution in [2.24, 2.45) is 0 Å². The predicted octanol–water partition coefficient (Wildman–Crippen LogP) is 3.20. The number of nitrogens with zero attached hydrogens (tertiary/aromatic N) is 2. The Balaban J connectivity index is 2.53. The third-order valence-electron chi connectivity index (χ3n) is 2.94. The molecule has 0 aromatic carbocycles. The summed E-state index contributed by atoms with van der Waals surface area (Å²) in [5, 5.41) is 7.50. The molecule has 1 aromatic heterocycles. The van der Waals surface area contributed by atoms with Gasteiger partial charge >= 0.3 is 0 Å². The molecule has 1 heterocycles. The molecule has 1 aromatic rings. The van der Waals surface area contributed by atoms with Crippen molar-refractivity contribution in [3.8, 4) is 0 Å². The topological polar surface area (TPSA) is 49.4 Å². The van der Waals surface area contributed by atoms with Crippen LogP contribution in [0.4, 0.5) is 11.6 Å². The standard InChI is InChI=1S/C14H24Cl2N4O/c1-4-5-17-13-11(15)10-12(16)14(19-13)18-6-7-20(2)8-9-21-3/h10H,4-9H2,1-3H3,(H2,17,18,19). The number of halogens is 2. The van der Waals surface area contributed by atoms with Gasteiger partial charge in [0.25, 0.3) is 0 Å². The largest absolute Gasteiger partial charge is 0.383 e. The summed E-state index contributed by atoms with van der Waals surface area (Å²) in [6.45, 7) is 6.16. The van der Waals surface area contributed by atoms with Gasteiger partial charge in [-0.15, -0.1) is 0 Å². The molecule has 0 aliphatic rings. The highest BCUT2D eigenvalue weighted by molar-refractivity contribution is 6.37. The minimum absolute atomic E-state index is 0.529. The molecule has 120 valence electrons. The van der Waals surface area contributed by atoms with Gasteiger partial charge in [-0.05, 0) is 19.5 Å². The van der Waals surface area contributed by atoms with Crippen molar-refractivity contribution in [1.29, 1.82) is 0 Å². The summed E-state index contributed by atoms with van der Waals surface area (Å²) < 4.78 is 5.04. The molecule has 0 spiro atoms. The average Bonchev–Trinajstić information content (AvgIpc) is 2.46. The number of hydrogen-bond acceptors (Lipinski definition) is 5. The minimum Gasteiger partial charge on any atom is -0.383 e. The normalized spacial score (nSPS) is 11.0. The quantitative estimate of drug-likeness (QED) is 0.688. The summed E-state index contributed by atoms with van der Waals surface area (Å²) in [7, 11) is 3.75. The average molecular weight is 335 g/mol. The Morgan fingerprint density at radius 1 is 1.14 bits per heavy atom. The second-order valence-electron chi connectivity index (χ2n) is 4.80. The Kier molecular flexibility index (Phi) is 8.76. The van der Waals surface area contributed by atoms with E-state index in [9.17, 15) is 0 Å². The molecule has 0 amide bonds. The van der Waals surface area contributed by atoms with Gasteiger partial charge < -0.3 is 20.3 Å². The van der Waals surface area contributed by atoms with E-state index in [0.29, 0.717) is 21.7 Å². The van der Waals surface area contributed by atoms with Gasteiger partial charge in [-0.25, -0.2) is 4.98 Å². The molecular weight excluding hydrogens is 311 g/mol. The van der Waals surface area contributed by atoms with E-state index in [1.54, 1.807) is 13.2 Å². The lowest BCUT2D eigenvalue weighted by Gasteiger charge is -2.17. The van der Waals surface area contributed by atoms with Gasteiger partial charge in [0.1, 0.15) is 11.6 Å². The molecule has 21 heavy (non-hydrogen) atoms. The van der Waals surface area contributed by atoms with Crippen molar-refractivity contribution in [2.45, 2.75) is 13.3 Å². The fourth-order valence-electron chi connectivity index (χ4n) is 1.68. The lowest BCUT2D eigenvalue weighted by atomic mass is 10.4. The third-order valence-corrected chi connectivity index (χ3v) is 3.51. The van der Waals surface area contributed by atoms with Gasteiger partial charge in [-0.3, -0.25) is 0 Å². The predicted molar refractivity (Wildman–Crippen MR) is 90.9 cm³/mol. The second kappa shape index (κ2) is 10.1. The van der Waals surface area contributed by atoms with Crippen molar-refractivity contribution in [3.05, 3.63) is 16.1 Å². The van der Waals surface area contributed by atoms with E-state index in [1.165, 1.54) is 0 Å². The van der Waals surface area contributed by atoms with E-state index in [1.807, 2.05) is 7.05 Å². The monoisotopic (exact) mass is 334 g/mol. The molecule has 7 heteroatoms. The second-order valence-corrected chi connectivity index (χ2v) is 5.61. The molecule has 0 bridgehead atoms. The van der Waals surface area contributed by atoms with Crippen molar-refractivity contribution < 1.29 is 4.74 Å². The van der Waals surface area contributed by atoms with Crippen LogP contribution in [0.15, 0.2) is 6.07 Å². The van der Waals surface area contributed by atoms with Crippen LogP contribution < -0.4 is 10.6 Å². The number of aromatic nitrogens is 1. The number of pyridine rings is 1. The van der Waals surface area contributed by atoms with E-state index < -0.39 is 0 Å². The number of hydrogen-bond donors (Lipinski definition) is 2. The first-order chi connectivity index (χ1) is 10.1. The van der Waals surface area contributed by atoms with Crippen molar-refractivity contribution >= 4 is 34.8 Å². The fraction of sp³-hybridized carbons (Fsp3) is 0.643. The number of nitrogens with one attached hydrogen (secondary N) is 2. The highest BCUT2D eigenvalue weighted by Gasteiger charge is 2.09. The smallest absolute Gasteiger partial charge is 0.147 e. The summed E-state index contributed by atoms with van der Waals surface area (Å²) in [6.07, 6.45) is 1.01. The van der Waals surface area contributed by atoms with Crippen LogP contribution in [0.3, 0.4) is 0 Å². The van der Waals surface area contributed by atoms with Crippen LogP contribution in [-0.4, -0.2) is 56.8 Å². The molecule has 0 saturated heterocycles. The molecule has 0 atom stereocenters. The SMILES string of the molecule is CCCNc1nc(NCCN(C)CCOC)c(Cl)cc1Cl. The zero-order valence-electron chi connectivity index (χ0n) is 12.9. The van der Waals surface area contributed by atoms with Crippen LogP contribution in [0.2, 0.25) is 10.0 Å². The molecule has 5 nitrogen and oxygen atoms in total. The maximum absolute atomic E-state index is 6.16. The Hall–Kier alpha value is -0.750. The number of anilines is 2. The van der Waals surface area contributed by atoms with Crippen LogP contribution in [0.1, 0.15) is 13.3 Å². The van der Waals surface area contributed by atoms with E-state index in [-0.39, 0.29) is 0 Å². The van der Waals surface area contributed by atoms with Gasteiger partial charge in [-0.1, -0.05) is 30.1 Å². The Bertz CT molecular complexity index is 432. The lowest BCUT2D eigenvalue weighted by Crippen LogP contribution is -2.28. The van der Waals surface area contributed by atoms with E-state index in [2.05, 4.69) is 27.4 Å². The van der Waals surface area contributed by atoms with Crippen LogP contribution in [0, 0.1) is 0 Å². The van der Waals surface area contributed by atoms with Crippen LogP contribution in [0.5, 0.6) is 0 Å². The number of methoxy groups -OCH3 is 1. The zero-order valence-corrected chi connectivity index (χ0v) is 14.4. The van der Waals surface area contributed by atoms with Gasteiger partial charge in [-0.2, -0.15) is 0 Å². The minimum atomic E-state index is 0.529. The molecule has 0 unspecified atom stereocenters. The molecule has 0 fully saturated rings. The molecule has 0 radical (unpaired) electrons. The summed E-state index contributed by atoms with van der Waals surface area (Å²) in [5.41, 5.74) is 0. The third kappa shape index (κ3) is 6.70. The van der Waals surface area contributed by atoms with Crippen molar-refractivity contribution in [1.82, 2.24) is 9.88 Å². The molecule has 0 aliphatic carbocycles. The summed E-state index contributed by atoms with van der Waals surface area (Å²) in [5.74, 6) is 1.32. The number of likely N-dealkylation sites (N-methyl/N-ethyl adjacent to an activating group) is 1. The number of ether oxygens (including phenoxy) is 1.